The van der Waals surface area contributed by atoms with Gasteiger partial charge in [0.2, 0.25) is 0 Å². The van der Waals surface area contributed by atoms with Crippen molar-refractivity contribution in [3.8, 4) is 5.69 Å². The van der Waals surface area contributed by atoms with Crippen LogP contribution in [0.5, 0.6) is 0 Å². The molecule has 0 fully saturated rings. The normalized spacial score (nSPS) is 9.92. The number of nitrogens with zero attached hydrogens (tertiary/aromatic N) is 3. The first-order valence-electron chi connectivity index (χ1n) is 4.01. The van der Waals surface area contributed by atoms with E-state index < -0.39 is 0 Å². The summed E-state index contributed by atoms with van der Waals surface area (Å²) in [5.74, 6) is 0. The summed E-state index contributed by atoms with van der Waals surface area (Å²) in [5, 5.41) is 3.03. The van der Waals surface area contributed by atoms with E-state index >= 15 is 0 Å². The molecular weight excluding hydrogens is 164 g/mol. The van der Waals surface area contributed by atoms with Crippen molar-refractivity contribution < 1.29 is 0 Å². The van der Waals surface area contributed by atoms with Crippen LogP contribution >= 0.6 is 0 Å². The van der Waals surface area contributed by atoms with Crippen LogP contribution in [0.4, 0.5) is 5.69 Å². The van der Waals surface area contributed by atoms with Crippen LogP contribution in [0.15, 0.2) is 37.2 Å². The van der Waals surface area contributed by atoms with E-state index in [1.807, 2.05) is 23.9 Å². The van der Waals surface area contributed by atoms with E-state index in [0.717, 1.165) is 11.4 Å². The summed E-state index contributed by atoms with van der Waals surface area (Å²) >= 11 is 0. The number of imidazole rings is 1. The molecular formula is C9H10N4. The molecule has 0 saturated carbocycles. The third-order valence-electron chi connectivity index (χ3n) is 1.82. The monoisotopic (exact) mass is 174 g/mol. The molecule has 0 aliphatic rings. The van der Waals surface area contributed by atoms with E-state index in [2.05, 4.69) is 15.3 Å². The summed E-state index contributed by atoms with van der Waals surface area (Å²) in [4.78, 5) is 8.07. The fourth-order valence-electron chi connectivity index (χ4n) is 1.12. The van der Waals surface area contributed by atoms with E-state index in [0.29, 0.717) is 0 Å². The number of hydrogen-bond acceptors (Lipinski definition) is 3. The van der Waals surface area contributed by atoms with Crippen molar-refractivity contribution in [3.05, 3.63) is 37.2 Å². The Kier molecular flexibility index (Phi) is 1.96. The fraction of sp³-hybridized carbons (Fsp3) is 0.111. The molecule has 0 aromatic carbocycles. The molecule has 0 bridgehead atoms. The topological polar surface area (TPSA) is 42.7 Å². The third-order valence-corrected chi connectivity index (χ3v) is 1.82. The van der Waals surface area contributed by atoms with E-state index in [1.165, 1.54) is 0 Å². The highest BCUT2D eigenvalue weighted by atomic mass is 15.0. The Bertz CT molecular complexity index is 380. The summed E-state index contributed by atoms with van der Waals surface area (Å²) in [7, 11) is 1.87. The fourth-order valence-corrected chi connectivity index (χ4v) is 1.12. The van der Waals surface area contributed by atoms with Crippen molar-refractivity contribution in [1.82, 2.24) is 14.5 Å². The summed E-state index contributed by atoms with van der Waals surface area (Å²) in [6.45, 7) is 0. The lowest BCUT2D eigenvalue weighted by molar-refractivity contribution is 1.04. The van der Waals surface area contributed by atoms with Gasteiger partial charge in [-0.15, -0.1) is 0 Å². The lowest BCUT2D eigenvalue weighted by atomic mass is 10.3. The Balaban J connectivity index is 2.41. The van der Waals surface area contributed by atoms with Gasteiger partial charge in [0.1, 0.15) is 0 Å². The number of nitrogens with one attached hydrogen (secondary N) is 1. The lowest BCUT2D eigenvalue weighted by Gasteiger charge is -2.03. The van der Waals surface area contributed by atoms with Gasteiger partial charge >= 0.3 is 0 Å². The molecule has 0 aliphatic heterocycles. The molecule has 0 atom stereocenters. The van der Waals surface area contributed by atoms with Crippen molar-refractivity contribution >= 4 is 5.69 Å². The number of pyridine rings is 1. The van der Waals surface area contributed by atoms with Gasteiger partial charge in [-0.25, -0.2) is 4.98 Å². The molecule has 0 spiro atoms. The quantitative estimate of drug-likeness (QED) is 0.746. The van der Waals surface area contributed by atoms with E-state index in [1.54, 1.807) is 24.9 Å². The zero-order valence-electron chi connectivity index (χ0n) is 7.31. The standard InChI is InChI=1S/C9H10N4/c1-10-8-4-9(6-12-5-8)13-3-2-11-7-13/h2-7,10H,1H3. The highest BCUT2D eigenvalue weighted by Crippen LogP contribution is 2.10. The largest absolute Gasteiger partial charge is 0.387 e. The van der Waals surface area contributed by atoms with Crippen molar-refractivity contribution in [2.24, 2.45) is 0 Å². The molecule has 2 heterocycles. The van der Waals surface area contributed by atoms with Gasteiger partial charge < -0.3 is 9.88 Å². The summed E-state index contributed by atoms with van der Waals surface area (Å²) in [6, 6.07) is 2.01. The van der Waals surface area contributed by atoms with Crippen LogP contribution in [0, 0.1) is 0 Å². The van der Waals surface area contributed by atoms with Crippen molar-refractivity contribution in [3.63, 3.8) is 0 Å². The predicted molar refractivity (Wildman–Crippen MR) is 50.9 cm³/mol. The van der Waals surface area contributed by atoms with Crippen LogP contribution in [0.1, 0.15) is 0 Å². The Morgan fingerprint density at radius 3 is 2.92 bits per heavy atom. The zero-order chi connectivity index (χ0) is 9.10. The summed E-state index contributed by atoms with van der Waals surface area (Å²) in [6.07, 6.45) is 8.95. The minimum Gasteiger partial charge on any atom is -0.387 e. The molecule has 0 amide bonds. The number of rotatable bonds is 2. The molecule has 1 N–H and O–H groups in total. The van der Waals surface area contributed by atoms with Crippen LogP contribution in [0.2, 0.25) is 0 Å². The van der Waals surface area contributed by atoms with Crippen molar-refractivity contribution in [2.45, 2.75) is 0 Å². The highest BCUT2D eigenvalue weighted by molar-refractivity contribution is 5.47. The summed E-state index contributed by atoms with van der Waals surface area (Å²) in [5.41, 5.74) is 2.00. The molecule has 66 valence electrons. The average Bonchev–Trinajstić information content (AvgIpc) is 2.71. The molecule has 4 heteroatoms. The second kappa shape index (κ2) is 3.26. The van der Waals surface area contributed by atoms with Crippen LogP contribution in [-0.2, 0) is 0 Å². The molecule has 2 aromatic heterocycles. The van der Waals surface area contributed by atoms with Gasteiger partial charge in [0, 0.05) is 19.4 Å². The maximum absolute atomic E-state index is 4.10. The minimum atomic E-state index is 0.992. The second-order valence-corrected chi connectivity index (χ2v) is 2.65. The molecule has 0 aliphatic carbocycles. The van der Waals surface area contributed by atoms with Crippen LogP contribution in [-0.4, -0.2) is 21.6 Å². The number of aromatic nitrogens is 3. The van der Waals surface area contributed by atoms with Gasteiger partial charge in [-0.2, -0.15) is 0 Å². The lowest BCUT2D eigenvalue weighted by Crippen LogP contribution is -1.94. The first kappa shape index (κ1) is 7.79. The van der Waals surface area contributed by atoms with Gasteiger partial charge in [-0.3, -0.25) is 4.98 Å². The summed E-state index contributed by atoms with van der Waals surface area (Å²) < 4.78 is 1.91. The van der Waals surface area contributed by atoms with E-state index in [-0.39, 0.29) is 0 Å². The maximum atomic E-state index is 4.10. The van der Waals surface area contributed by atoms with E-state index in [9.17, 15) is 0 Å². The Morgan fingerprint density at radius 2 is 2.23 bits per heavy atom. The second-order valence-electron chi connectivity index (χ2n) is 2.65. The highest BCUT2D eigenvalue weighted by Gasteiger charge is 1.96. The number of anilines is 1. The van der Waals surface area contributed by atoms with Gasteiger partial charge in [0.15, 0.2) is 0 Å². The Morgan fingerprint density at radius 1 is 1.31 bits per heavy atom. The van der Waals surface area contributed by atoms with Gasteiger partial charge in [0.05, 0.1) is 30.1 Å². The molecule has 2 aromatic rings. The molecule has 13 heavy (non-hydrogen) atoms. The van der Waals surface area contributed by atoms with Crippen molar-refractivity contribution in [2.75, 3.05) is 12.4 Å². The van der Waals surface area contributed by atoms with Gasteiger partial charge in [0.25, 0.3) is 0 Å². The van der Waals surface area contributed by atoms with Crippen LogP contribution in [0.25, 0.3) is 5.69 Å². The first-order chi connectivity index (χ1) is 6.40. The van der Waals surface area contributed by atoms with Crippen LogP contribution in [0.3, 0.4) is 0 Å². The SMILES string of the molecule is CNc1cncc(-n2ccnc2)c1. The Labute approximate surface area is 76.3 Å². The van der Waals surface area contributed by atoms with Gasteiger partial charge in [-0.1, -0.05) is 0 Å². The first-order valence-corrected chi connectivity index (χ1v) is 4.01. The molecule has 0 unspecified atom stereocenters. The molecule has 4 nitrogen and oxygen atoms in total. The maximum Gasteiger partial charge on any atom is 0.0992 e. The molecule has 0 saturated heterocycles. The third kappa shape index (κ3) is 1.51. The predicted octanol–water partition coefficient (Wildman–Crippen LogP) is 1.31. The van der Waals surface area contributed by atoms with Crippen molar-refractivity contribution in [1.29, 1.82) is 0 Å². The Hall–Kier alpha value is -1.84. The zero-order valence-corrected chi connectivity index (χ0v) is 7.31. The number of hydrogen-bond donors (Lipinski definition) is 1. The van der Waals surface area contributed by atoms with E-state index in [4.69, 9.17) is 0 Å². The average molecular weight is 174 g/mol. The molecule has 2 rings (SSSR count). The molecule has 0 radical (unpaired) electrons. The van der Waals surface area contributed by atoms with Crippen LogP contribution < -0.4 is 5.32 Å². The smallest absolute Gasteiger partial charge is 0.0992 e. The minimum absolute atomic E-state index is 0.992. The van der Waals surface area contributed by atoms with Gasteiger partial charge in [-0.05, 0) is 6.07 Å².